The van der Waals surface area contributed by atoms with Crippen LogP contribution in [0.1, 0.15) is 18.4 Å². The number of oxime groups is 1. The SMILES string of the molecule is COc1ccc(C2=NO[C@H](C(=O)NCCCn3ccnc3)C2)cc1. The standard InChI is InChI=1S/C17H20N4O3/c1-23-14-5-3-13(4-6-14)15-11-16(24-20-15)17(22)19-7-2-9-21-10-8-18-12-21/h3-6,8,10,12,16H,2,7,9,11H2,1H3,(H,19,22)/t16-/m0/s1. The lowest BCUT2D eigenvalue weighted by atomic mass is 10.0. The van der Waals surface area contributed by atoms with Crippen LogP contribution in [0.3, 0.4) is 0 Å². The normalized spacial score (nSPS) is 16.4. The van der Waals surface area contributed by atoms with Crippen molar-refractivity contribution in [2.75, 3.05) is 13.7 Å². The Labute approximate surface area is 140 Å². The number of ether oxygens (including phenoxy) is 1. The lowest BCUT2D eigenvalue weighted by Crippen LogP contribution is -2.35. The fraction of sp³-hybridized carbons (Fsp3) is 0.353. The molecule has 24 heavy (non-hydrogen) atoms. The predicted octanol–water partition coefficient (Wildman–Crippen LogP) is 1.59. The first-order chi connectivity index (χ1) is 11.8. The van der Waals surface area contributed by atoms with Crippen LogP contribution in [0.4, 0.5) is 0 Å². The van der Waals surface area contributed by atoms with Crippen LogP contribution in [-0.4, -0.2) is 40.9 Å². The van der Waals surface area contributed by atoms with Gasteiger partial charge in [-0.2, -0.15) is 0 Å². The smallest absolute Gasteiger partial charge is 0.264 e. The first-order valence-corrected chi connectivity index (χ1v) is 7.87. The van der Waals surface area contributed by atoms with Crippen LogP contribution in [0, 0.1) is 0 Å². The van der Waals surface area contributed by atoms with Gasteiger partial charge in [0.2, 0.25) is 6.10 Å². The van der Waals surface area contributed by atoms with Gasteiger partial charge in [-0.3, -0.25) is 4.79 Å². The van der Waals surface area contributed by atoms with E-state index in [-0.39, 0.29) is 5.91 Å². The Morgan fingerprint density at radius 1 is 1.42 bits per heavy atom. The molecule has 0 saturated heterocycles. The number of aryl methyl sites for hydroxylation is 1. The van der Waals surface area contributed by atoms with Gasteiger partial charge in [-0.05, 0) is 36.2 Å². The highest BCUT2D eigenvalue weighted by Gasteiger charge is 2.28. The summed E-state index contributed by atoms with van der Waals surface area (Å²) in [4.78, 5) is 21.4. The number of hydrogen-bond acceptors (Lipinski definition) is 5. The minimum Gasteiger partial charge on any atom is -0.497 e. The molecule has 0 saturated carbocycles. The number of carbonyl (C=O) groups is 1. The number of imidazole rings is 1. The molecule has 0 fully saturated rings. The van der Waals surface area contributed by atoms with Gasteiger partial charge in [0.05, 0.1) is 19.1 Å². The molecule has 3 rings (SSSR count). The monoisotopic (exact) mass is 328 g/mol. The molecule has 7 nitrogen and oxygen atoms in total. The number of hydrogen-bond donors (Lipinski definition) is 1. The van der Waals surface area contributed by atoms with Crippen molar-refractivity contribution in [1.82, 2.24) is 14.9 Å². The zero-order chi connectivity index (χ0) is 16.8. The van der Waals surface area contributed by atoms with Crippen LogP contribution in [0.25, 0.3) is 0 Å². The second-order valence-electron chi connectivity index (χ2n) is 5.51. The highest BCUT2D eigenvalue weighted by Crippen LogP contribution is 2.19. The third kappa shape index (κ3) is 3.92. The molecule has 0 aliphatic carbocycles. The van der Waals surface area contributed by atoms with Crippen LogP contribution in [0.2, 0.25) is 0 Å². The first kappa shape index (κ1) is 16.0. The maximum Gasteiger partial charge on any atom is 0.264 e. The number of aromatic nitrogens is 2. The van der Waals surface area contributed by atoms with Gasteiger partial charge in [0.1, 0.15) is 5.75 Å². The Morgan fingerprint density at radius 2 is 2.25 bits per heavy atom. The molecule has 1 aliphatic heterocycles. The van der Waals surface area contributed by atoms with Gasteiger partial charge in [0.15, 0.2) is 0 Å². The lowest BCUT2D eigenvalue weighted by molar-refractivity contribution is -0.131. The number of benzene rings is 1. The summed E-state index contributed by atoms with van der Waals surface area (Å²) in [5.41, 5.74) is 1.71. The van der Waals surface area contributed by atoms with Crippen LogP contribution < -0.4 is 10.1 Å². The van der Waals surface area contributed by atoms with Crippen molar-refractivity contribution in [2.45, 2.75) is 25.5 Å². The molecular weight excluding hydrogens is 308 g/mol. The van der Waals surface area contributed by atoms with Crippen LogP contribution >= 0.6 is 0 Å². The molecule has 7 heteroatoms. The summed E-state index contributed by atoms with van der Waals surface area (Å²) in [7, 11) is 1.62. The number of carbonyl (C=O) groups excluding carboxylic acids is 1. The first-order valence-electron chi connectivity index (χ1n) is 7.87. The Hall–Kier alpha value is -2.83. The third-order valence-corrected chi connectivity index (χ3v) is 3.84. The van der Waals surface area contributed by atoms with Gasteiger partial charge in [-0.25, -0.2) is 4.98 Å². The summed E-state index contributed by atoms with van der Waals surface area (Å²) < 4.78 is 7.11. The molecule has 0 unspecified atom stereocenters. The highest BCUT2D eigenvalue weighted by atomic mass is 16.6. The molecule has 0 spiro atoms. The second-order valence-corrected chi connectivity index (χ2v) is 5.51. The summed E-state index contributed by atoms with van der Waals surface area (Å²) in [6, 6.07) is 7.54. The molecule has 1 aliphatic rings. The number of amides is 1. The molecule has 1 aromatic heterocycles. The minimum absolute atomic E-state index is 0.132. The van der Waals surface area contributed by atoms with Crippen molar-refractivity contribution in [3.05, 3.63) is 48.5 Å². The van der Waals surface area contributed by atoms with Crippen molar-refractivity contribution >= 4 is 11.6 Å². The van der Waals surface area contributed by atoms with Gasteiger partial charge in [-0.15, -0.1) is 0 Å². The van der Waals surface area contributed by atoms with Crippen molar-refractivity contribution in [3.8, 4) is 5.75 Å². The second kappa shape index (κ2) is 7.63. The quantitative estimate of drug-likeness (QED) is 0.783. The maximum atomic E-state index is 12.1. The number of methoxy groups -OCH3 is 1. The van der Waals surface area contributed by atoms with E-state index < -0.39 is 6.10 Å². The van der Waals surface area contributed by atoms with E-state index in [4.69, 9.17) is 9.57 Å². The zero-order valence-corrected chi connectivity index (χ0v) is 13.5. The van der Waals surface area contributed by atoms with E-state index >= 15 is 0 Å². The van der Waals surface area contributed by atoms with E-state index in [0.29, 0.717) is 13.0 Å². The van der Waals surface area contributed by atoms with E-state index in [1.165, 1.54) is 0 Å². The van der Waals surface area contributed by atoms with Gasteiger partial charge < -0.3 is 19.5 Å². The fourth-order valence-corrected chi connectivity index (χ4v) is 2.48. The Morgan fingerprint density at radius 3 is 2.96 bits per heavy atom. The van der Waals surface area contributed by atoms with Crippen molar-refractivity contribution < 1.29 is 14.4 Å². The van der Waals surface area contributed by atoms with Gasteiger partial charge in [0, 0.05) is 31.9 Å². The average Bonchev–Trinajstić information content (AvgIpc) is 3.30. The van der Waals surface area contributed by atoms with E-state index in [0.717, 1.165) is 30.0 Å². The van der Waals surface area contributed by atoms with Crippen molar-refractivity contribution in [3.63, 3.8) is 0 Å². The molecule has 1 N–H and O–H groups in total. The topological polar surface area (TPSA) is 77.7 Å². The Balaban J connectivity index is 1.42. The molecule has 0 bridgehead atoms. The molecule has 1 amide bonds. The van der Waals surface area contributed by atoms with Crippen LogP contribution in [-0.2, 0) is 16.2 Å². The van der Waals surface area contributed by atoms with Crippen LogP contribution in [0.15, 0.2) is 48.1 Å². The van der Waals surface area contributed by atoms with Crippen molar-refractivity contribution in [2.24, 2.45) is 5.16 Å². The molecular formula is C17H20N4O3. The number of nitrogens with one attached hydrogen (secondary N) is 1. The highest BCUT2D eigenvalue weighted by molar-refractivity contribution is 6.04. The van der Waals surface area contributed by atoms with E-state index in [2.05, 4.69) is 15.5 Å². The van der Waals surface area contributed by atoms with Crippen molar-refractivity contribution in [1.29, 1.82) is 0 Å². The molecule has 1 aromatic carbocycles. The van der Waals surface area contributed by atoms with Gasteiger partial charge in [-0.1, -0.05) is 5.16 Å². The predicted molar refractivity (Wildman–Crippen MR) is 88.9 cm³/mol. The summed E-state index contributed by atoms with van der Waals surface area (Å²) in [5, 5.41) is 6.92. The van der Waals surface area contributed by atoms with Crippen LogP contribution in [0.5, 0.6) is 5.75 Å². The molecule has 2 aromatic rings. The molecule has 1 atom stereocenters. The number of rotatable bonds is 7. The summed E-state index contributed by atoms with van der Waals surface area (Å²) in [6.07, 6.45) is 6.15. The minimum atomic E-state index is -0.560. The lowest BCUT2D eigenvalue weighted by Gasteiger charge is -2.09. The number of nitrogens with zero attached hydrogens (tertiary/aromatic N) is 3. The van der Waals surface area contributed by atoms with E-state index in [9.17, 15) is 4.79 Å². The summed E-state index contributed by atoms with van der Waals surface area (Å²) >= 11 is 0. The van der Waals surface area contributed by atoms with E-state index in [1.807, 2.05) is 35.0 Å². The Bertz CT molecular complexity index is 695. The maximum absolute atomic E-state index is 12.1. The summed E-state index contributed by atoms with van der Waals surface area (Å²) in [5.74, 6) is 0.651. The van der Waals surface area contributed by atoms with Gasteiger partial charge in [0.25, 0.3) is 5.91 Å². The largest absolute Gasteiger partial charge is 0.497 e. The average molecular weight is 328 g/mol. The zero-order valence-electron chi connectivity index (χ0n) is 13.5. The fourth-order valence-electron chi connectivity index (χ4n) is 2.48. The van der Waals surface area contributed by atoms with E-state index in [1.54, 1.807) is 19.6 Å². The molecule has 0 radical (unpaired) electrons. The summed E-state index contributed by atoms with van der Waals surface area (Å²) in [6.45, 7) is 1.41. The molecule has 126 valence electrons. The Kier molecular flexibility index (Phi) is 5.10. The third-order valence-electron chi connectivity index (χ3n) is 3.84. The van der Waals surface area contributed by atoms with Gasteiger partial charge >= 0.3 is 0 Å². The molecule has 2 heterocycles.